The van der Waals surface area contributed by atoms with Crippen molar-refractivity contribution in [2.75, 3.05) is 6.54 Å². The second-order valence-electron chi connectivity index (χ2n) is 2.10. The summed E-state index contributed by atoms with van der Waals surface area (Å²) in [6.07, 6.45) is 3.80. The van der Waals surface area contributed by atoms with Crippen molar-refractivity contribution in [3.05, 3.63) is 37.5 Å². The molecule has 0 bridgehead atoms. The van der Waals surface area contributed by atoms with Crippen LogP contribution in [-0.2, 0) is 4.79 Å². The average molecular weight is 151 g/mol. The standard InChI is InChI=1S/C9H13NO/c1-4-6-8(3)9(11)10-7-5-2/h4-5H,1-3,6-7H2,(H,10,11). The van der Waals surface area contributed by atoms with Crippen LogP contribution in [0.25, 0.3) is 0 Å². The predicted molar refractivity (Wildman–Crippen MR) is 47.2 cm³/mol. The molecule has 0 saturated heterocycles. The van der Waals surface area contributed by atoms with Crippen LogP contribution in [0.4, 0.5) is 0 Å². The van der Waals surface area contributed by atoms with Gasteiger partial charge in [-0.25, -0.2) is 0 Å². The van der Waals surface area contributed by atoms with E-state index in [0.717, 1.165) is 0 Å². The van der Waals surface area contributed by atoms with Crippen molar-refractivity contribution in [2.24, 2.45) is 0 Å². The maximum Gasteiger partial charge on any atom is 0.247 e. The van der Waals surface area contributed by atoms with Crippen molar-refractivity contribution in [2.45, 2.75) is 6.42 Å². The van der Waals surface area contributed by atoms with Crippen molar-refractivity contribution < 1.29 is 4.79 Å². The molecule has 0 atom stereocenters. The van der Waals surface area contributed by atoms with Crippen LogP contribution >= 0.6 is 0 Å². The normalized spacial score (nSPS) is 8.36. The zero-order valence-corrected chi connectivity index (χ0v) is 6.60. The third kappa shape index (κ3) is 4.14. The maximum absolute atomic E-state index is 11.0. The summed E-state index contributed by atoms with van der Waals surface area (Å²) in [6, 6.07) is 0. The molecule has 0 heterocycles. The lowest BCUT2D eigenvalue weighted by atomic mass is 10.2. The van der Waals surface area contributed by atoms with E-state index in [1.807, 2.05) is 0 Å². The van der Waals surface area contributed by atoms with Crippen LogP contribution < -0.4 is 5.32 Å². The fraction of sp³-hybridized carbons (Fsp3) is 0.222. The summed E-state index contributed by atoms with van der Waals surface area (Å²) in [4.78, 5) is 11.0. The van der Waals surface area contributed by atoms with Gasteiger partial charge >= 0.3 is 0 Å². The number of hydrogen-bond donors (Lipinski definition) is 1. The van der Waals surface area contributed by atoms with Gasteiger partial charge in [-0.05, 0) is 6.42 Å². The monoisotopic (exact) mass is 151 g/mol. The Morgan fingerprint density at radius 1 is 1.36 bits per heavy atom. The second kappa shape index (κ2) is 5.47. The molecule has 2 heteroatoms. The van der Waals surface area contributed by atoms with E-state index in [-0.39, 0.29) is 5.91 Å². The predicted octanol–water partition coefficient (Wildman–Crippen LogP) is 1.42. The van der Waals surface area contributed by atoms with Crippen LogP contribution in [0, 0.1) is 0 Å². The molecule has 0 fully saturated rings. The van der Waals surface area contributed by atoms with E-state index < -0.39 is 0 Å². The molecule has 0 aromatic heterocycles. The van der Waals surface area contributed by atoms with Crippen molar-refractivity contribution in [3.63, 3.8) is 0 Å². The highest BCUT2D eigenvalue weighted by Crippen LogP contribution is 1.96. The summed E-state index contributed by atoms with van der Waals surface area (Å²) >= 11 is 0. The number of rotatable bonds is 5. The highest BCUT2D eigenvalue weighted by molar-refractivity contribution is 5.93. The van der Waals surface area contributed by atoms with Crippen molar-refractivity contribution in [1.82, 2.24) is 5.32 Å². The van der Waals surface area contributed by atoms with Crippen LogP contribution in [0.2, 0.25) is 0 Å². The summed E-state index contributed by atoms with van der Waals surface area (Å²) in [5.74, 6) is -0.134. The molecule has 0 unspecified atom stereocenters. The van der Waals surface area contributed by atoms with Gasteiger partial charge in [-0.1, -0.05) is 18.7 Å². The number of hydrogen-bond acceptors (Lipinski definition) is 1. The summed E-state index contributed by atoms with van der Waals surface area (Å²) in [5.41, 5.74) is 0.529. The number of carbonyl (C=O) groups excluding carboxylic acids is 1. The largest absolute Gasteiger partial charge is 0.349 e. The lowest BCUT2D eigenvalue weighted by Gasteiger charge is -2.01. The van der Waals surface area contributed by atoms with Crippen LogP contribution in [0.1, 0.15) is 6.42 Å². The molecular formula is C9H13NO. The summed E-state index contributed by atoms with van der Waals surface area (Å²) < 4.78 is 0. The molecular weight excluding hydrogens is 138 g/mol. The van der Waals surface area contributed by atoms with E-state index >= 15 is 0 Å². The Morgan fingerprint density at radius 3 is 2.45 bits per heavy atom. The van der Waals surface area contributed by atoms with Gasteiger partial charge in [-0.2, -0.15) is 0 Å². The number of carbonyl (C=O) groups is 1. The smallest absolute Gasteiger partial charge is 0.247 e. The zero-order chi connectivity index (χ0) is 8.69. The number of nitrogens with one attached hydrogen (secondary N) is 1. The number of allylic oxidation sites excluding steroid dienone is 1. The molecule has 2 nitrogen and oxygen atoms in total. The maximum atomic E-state index is 11.0. The molecule has 1 N–H and O–H groups in total. The Hall–Kier alpha value is -1.31. The molecule has 0 saturated carbocycles. The van der Waals surface area contributed by atoms with Gasteiger partial charge in [0.2, 0.25) is 5.91 Å². The Kier molecular flexibility index (Phi) is 4.82. The van der Waals surface area contributed by atoms with E-state index in [1.165, 1.54) is 0 Å². The van der Waals surface area contributed by atoms with Crippen molar-refractivity contribution in [3.8, 4) is 0 Å². The first-order valence-electron chi connectivity index (χ1n) is 3.40. The lowest BCUT2D eigenvalue weighted by molar-refractivity contribution is -0.117. The van der Waals surface area contributed by atoms with Gasteiger partial charge in [-0.3, -0.25) is 4.79 Å². The molecule has 1 amide bonds. The second-order valence-corrected chi connectivity index (χ2v) is 2.10. The quantitative estimate of drug-likeness (QED) is 0.467. The molecule has 60 valence electrons. The fourth-order valence-electron chi connectivity index (χ4n) is 0.557. The van der Waals surface area contributed by atoms with Crippen LogP contribution in [0.15, 0.2) is 37.5 Å². The van der Waals surface area contributed by atoms with E-state index in [0.29, 0.717) is 18.5 Å². The molecule has 0 rings (SSSR count). The summed E-state index contributed by atoms with van der Waals surface area (Å²) in [5, 5.41) is 2.61. The van der Waals surface area contributed by atoms with E-state index in [1.54, 1.807) is 12.2 Å². The van der Waals surface area contributed by atoms with E-state index in [4.69, 9.17) is 0 Å². The number of amides is 1. The van der Waals surface area contributed by atoms with Gasteiger partial charge in [0.25, 0.3) is 0 Å². The SMILES string of the molecule is C=CCNC(=O)C(=C)CC=C. The fourth-order valence-corrected chi connectivity index (χ4v) is 0.557. The van der Waals surface area contributed by atoms with E-state index in [9.17, 15) is 4.79 Å². The van der Waals surface area contributed by atoms with Gasteiger partial charge in [0.15, 0.2) is 0 Å². The molecule has 0 aliphatic heterocycles. The van der Waals surface area contributed by atoms with Gasteiger partial charge in [0, 0.05) is 12.1 Å². The van der Waals surface area contributed by atoms with E-state index in [2.05, 4.69) is 25.1 Å². The minimum absolute atomic E-state index is 0.134. The minimum Gasteiger partial charge on any atom is -0.349 e. The van der Waals surface area contributed by atoms with Gasteiger partial charge < -0.3 is 5.32 Å². The third-order valence-corrected chi connectivity index (χ3v) is 1.12. The Labute approximate surface area is 67.3 Å². The van der Waals surface area contributed by atoms with Crippen molar-refractivity contribution in [1.29, 1.82) is 0 Å². The molecule has 11 heavy (non-hydrogen) atoms. The highest BCUT2D eigenvalue weighted by Gasteiger charge is 2.01. The van der Waals surface area contributed by atoms with Gasteiger partial charge in [-0.15, -0.1) is 13.2 Å². The third-order valence-electron chi connectivity index (χ3n) is 1.12. The van der Waals surface area contributed by atoms with Gasteiger partial charge in [0.05, 0.1) is 0 Å². The summed E-state index contributed by atoms with van der Waals surface area (Å²) in [7, 11) is 0. The molecule has 0 spiro atoms. The highest BCUT2D eigenvalue weighted by atomic mass is 16.1. The first-order chi connectivity index (χ1) is 5.22. The zero-order valence-electron chi connectivity index (χ0n) is 6.60. The van der Waals surface area contributed by atoms with Gasteiger partial charge in [0.1, 0.15) is 0 Å². The molecule has 0 radical (unpaired) electrons. The molecule has 0 aromatic carbocycles. The summed E-state index contributed by atoms with van der Waals surface area (Å²) in [6.45, 7) is 11.0. The minimum atomic E-state index is -0.134. The van der Waals surface area contributed by atoms with Crippen LogP contribution in [-0.4, -0.2) is 12.5 Å². The Balaban J connectivity index is 3.72. The Morgan fingerprint density at radius 2 is 2.00 bits per heavy atom. The first-order valence-corrected chi connectivity index (χ1v) is 3.40. The van der Waals surface area contributed by atoms with Crippen LogP contribution in [0.3, 0.4) is 0 Å². The molecule has 0 aromatic rings. The average Bonchev–Trinajstić information content (AvgIpc) is 2.00. The van der Waals surface area contributed by atoms with Crippen LogP contribution in [0.5, 0.6) is 0 Å². The lowest BCUT2D eigenvalue weighted by Crippen LogP contribution is -2.24. The first kappa shape index (κ1) is 9.69. The van der Waals surface area contributed by atoms with Crippen molar-refractivity contribution >= 4 is 5.91 Å². The molecule has 0 aliphatic carbocycles. The Bertz CT molecular complexity index is 182. The topological polar surface area (TPSA) is 29.1 Å². The molecule has 0 aliphatic rings.